The first-order chi connectivity index (χ1) is 12.5. The SMILES string of the molecule is O=CCNC(=O)[C@@H]1CCCN1C(=O)C(Cc1ccccc1)NCC(=O)O. The Hall–Kier alpha value is -2.74. The van der Waals surface area contributed by atoms with Gasteiger partial charge >= 0.3 is 5.97 Å². The van der Waals surface area contributed by atoms with Crippen LogP contribution in [-0.4, -0.2) is 65.8 Å². The van der Waals surface area contributed by atoms with Crippen molar-refractivity contribution in [1.82, 2.24) is 15.5 Å². The topological polar surface area (TPSA) is 116 Å². The van der Waals surface area contributed by atoms with Crippen LogP contribution in [0.4, 0.5) is 0 Å². The van der Waals surface area contributed by atoms with Gasteiger partial charge in [0.1, 0.15) is 12.3 Å². The minimum Gasteiger partial charge on any atom is -0.480 e. The molecule has 0 radical (unpaired) electrons. The maximum Gasteiger partial charge on any atom is 0.317 e. The highest BCUT2D eigenvalue weighted by atomic mass is 16.4. The summed E-state index contributed by atoms with van der Waals surface area (Å²) >= 11 is 0. The molecule has 0 aromatic heterocycles. The third-order valence-corrected chi connectivity index (χ3v) is 4.28. The molecule has 2 amide bonds. The van der Waals surface area contributed by atoms with E-state index in [2.05, 4.69) is 10.6 Å². The molecule has 1 saturated heterocycles. The second-order valence-corrected chi connectivity index (χ2v) is 6.12. The van der Waals surface area contributed by atoms with Gasteiger partial charge in [-0.3, -0.25) is 19.7 Å². The number of carbonyl (C=O) groups is 4. The molecule has 140 valence electrons. The molecule has 8 nitrogen and oxygen atoms in total. The Bertz CT molecular complexity index is 649. The molecule has 1 aromatic rings. The predicted molar refractivity (Wildman–Crippen MR) is 93.4 cm³/mol. The number of likely N-dealkylation sites (tertiary alicyclic amines) is 1. The molecule has 1 fully saturated rings. The van der Waals surface area contributed by atoms with Crippen LogP contribution in [0.15, 0.2) is 30.3 Å². The minimum atomic E-state index is -1.06. The molecular formula is C18H23N3O5. The molecule has 2 rings (SSSR count). The Kier molecular flexibility index (Phi) is 7.28. The van der Waals surface area contributed by atoms with E-state index in [9.17, 15) is 19.2 Å². The normalized spacial score (nSPS) is 17.5. The predicted octanol–water partition coefficient (Wildman–Crippen LogP) is -0.422. The number of hydrogen-bond acceptors (Lipinski definition) is 5. The lowest BCUT2D eigenvalue weighted by molar-refractivity contribution is -0.141. The lowest BCUT2D eigenvalue weighted by atomic mass is 10.0. The number of nitrogens with one attached hydrogen (secondary N) is 2. The maximum absolute atomic E-state index is 13.0. The van der Waals surface area contributed by atoms with Crippen LogP contribution < -0.4 is 10.6 Å². The maximum atomic E-state index is 13.0. The van der Waals surface area contributed by atoms with E-state index in [0.29, 0.717) is 32.1 Å². The van der Waals surface area contributed by atoms with Gasteiger partial charge in [0.05, 0.1) is 19.1 Å². The van der Waals surface area contributed by atoms with Crippen molar-refractivity contribution in [2.75, 3.05) is 19.6 Å². The van der Waals surface area contributed by atoms with Crippen molar-refractivity contribution in [2.24, 2.45) is 0 Å². The second-order valence-electron chi connectivity index (χ2n) is 6.12. The van der Waals surface area contributed by atoms with Crippen LogP contribution in [0.25, 0.3) is 0 Å². The third-order valence-electron chi connectivity index (χ3n) is 4.28. The fourth-order valence-corrected chi connectivity index (χ4v) is 3.07. The molecule has 8 heteroatoms. The van der Waals surface area contributed by atoms with Gasteiger partial charge in [-0.1, -0.05) is 30.3 Å². The molecule has 26 heavy (non-hydrogen) atoms. The van der Waals surface area contributed by atoms with E-state index in [1.165, 1.54) is 4.90 Å². The molecule has 0 aliphatic carbocycles. The monoisotopic (exact) mass is 361 g/mol. The Morgan fingerprint density at radius 3 is 2.65 bits per heavy atom. The Morgan fingerprint density at radius 1 is 1.27 bits per heavy atom. The number of rotatable bonds is 9. The van der Waals surface area contributed by atoms with E-state index in [0.717, 1.165) is 5.56 Å². The summed E-state index contributed by atoms with van der Waals surface area (Å²) in [6, 6.07) is 7.90. The van der Waals surface area contributed by atoms with Crippen molar-refractivity contribution in [1.29, 1.82) is 0 Å². The van der Waals surface area contributed by atoms with Crippen molar-refractivity contribution in [3.63, 3.8) is 0 Å². The largest absolute Gasteiger partial charge is 0.480 e. The zero-order chi connectivity index (χ0) is 18.9. The molecule has 0 saturated carbocycles. The number of aldehydes is 1. The van der Waals surface area contributed by atoms with Crippen LogP contribution in [0.1, 0.15) is 18.4 Å². The van der Waals surface area contributed by atoms with Gasteiger partial charge in [0.2, 0.25) is 11.8 Å². The van der Waals surface area contributed by atoms with Gasteiger partial charge in [-0.15, -0.1) is 0 Å². The number of nitrogens with zero attached hydrogens (tertiary/aromatic N) is 1. The zero-order valence-corrected chi connectivity index (χ0v) is 14.4. The first-order valence-electron chi connectivity index (χ1n) is 8.54. The van der Waals surface area contributed by atoms with Gasteiger partial charge in [0.25, 0.3) is 0 Å². The fraction of sp³-hybridized carbons (Fsp3) is 0.444. The van der Waals surface area contributed by atoms with E-state index < -0.39 is 18.1 Å². The number of amides is 2. The number of aliphatic carboxylic acids is 1. The van der Waals surface area contributed by atoms with Gasteiger partial charge in [0, 0.05) is 6.54 Å². The third kappa shape index (κ3) is 5.38. The van der Waals surface area contributed by atoms with Gasteiger partial charge in [-0.2, -0.15) is 0 Å². The molecular weight excluding hydrogens is 338 g/mol. The van der Waals surface area contributed by atoms with Crippen molar-refractivity contribution in [3.8, 4) is 0 Å². The molecule has 1 aliphatic heterocycles. The quantitative estimate of drug-likeness (QED) is 0.515. The number of carbonyl (C=O) groups excluding carboxylic acids is 3. The molecule has 1 aliphatic rings. The molecule has 1 unspecified atom stereocenters. The molecule has 0 spiro atoms. The highest BCUT2D eigenvalue weighted by Gasteiger charge is 2.37. The number of carboxylic acid groups (broad SMARTS) is 1. The van der Waals surface area contributed by atoms with E-state index >= 15 is 0 Å². The molecule has 3 N–H and O–H groups in total. The summed E-state index contributed by atoms with van der Waals surface area (Å²) in [4.78, 5) is 48.0. The summed E-state index contributed by atoms with van der Waals surface area (Å²) < 4.78 is 0. The van der Waals surface area contributed by atoms with Crippen LogP contribution in [-0.2, 0) is 25.6 Å². The van der Waals surface area contributed by atoms with Crippen LogP contribution in [0.5, 0.6) is 0 Å². The summed E-state index contributed by atoms with van der Waals surface area (Å²) in [6.45, 7) is -0.0147. The van der Waals surface area contributed by atoms with Gasteiger partial charge in [-0.05, 0) is 24.8 Å². The second kappa shape index (κ2) is 9.67. The van der Waals surface area contributed by atoms with Gasteiger partial charge in [-0.25, -0.2) is 0 Å². The van der Waals surface area contributed by atoms with Crippen molar-refractivity contribution >= 4 is 24.1 Å². The number of carboxylic acids is 1. The average Bonchev–Trinajstić information content (AvgIpc) is 3.13. The Labute approximate surface area is 151 Å². The molecule has 1 aromatic carbocycles. The number of hydrogen-bond donors (Lipinski definition) is 3. The zero-order valence-electron chi connectivity index (χ0n) is 14.4. The summed E-state index contributed by atoms with van der Waals surface area (Å²) in [5.74, 6) is -1.73. The van der Waals surface area contributed by atoms with E-state index in [-0.39, 0.29) is 24.9 Å². The van der Waals surface area contributed by atoms with Crippen LogP contribution in [0.2, 0.25) is 0 Å². The van der Waals surface area contributed by atoms with Crippen LogP contribution >= 0.6 is 0 Å². The van der Waals surface area contributed by atoms with Gasteiger partial charge in [0.15, 0.2) is 0 Å². The standard InChI is InChI=1S/C18H23N3O5/c22-10-8-19-17(25)15-7-4-9-21(15)18(26)14(20-12-16(23)24)11-13-5-2-1-3-6-13/h1-3,5-6,10,14-15,20H,4,7-9,11-12H2,(H,19,25)(H,23,24)/t14?,15-/m0/s1. The van der Waals surface area contributed by atoms with E-state index in [4.69, 9.17) is 5.11 Å². The highest BCUT2D eigenvalue weighted by Crippen LogP contribution is 2.19. The summed E-state index contributed by atoms with van der Waals surface area (Å²) in [7, 11) is 0. The molecule has 2 atom stereocenters. The smallest absolute Gasteiger partial charge is 0.317 e. The number of benzene rings is 1. The first kappa shape index (κ1) is 19.6. The van der Waals surface area contributed by atoms with Crippen LogP contribution in [0, 0.1) is 0 Å². The summed E-state index contributed by atoms with van der Waals surface area (Å²) in [6.07, 6.45) is 2.12. The van der Waals surface area contributed by atoms with E-state index in [1.807, 2.05) is 30.3 Å². The van der Waals surface area contributed by atoms with Crippen molar-refractivity contribution < 1.29 is 24.3 Å². The molecule has 0 bridgehead atoms. The Balaban J connectivity index is 2.11. The van der Waals surface area contributed by atoms with Crippen molar-refractivity contribution in [2.45, 2.75) is 31.3 Å². The minimum absolute atomic E-state index is 0.0952. The average molecular weight is 361 g/mol. The summed E-state index contributed by atoms with van der Waals surface area (Å²) in [5.41, 5.74) is 0.893. The first-order valence-corrected chi connectivity index (χ1v) is 8.54. The van der Waals surface area contributed by atoms with Crippen molar-refractivity contribution in [3.05, 3.63) is 35.9 Å². The van der Waals surface area contributed by atoms with Gasteiger partial charge < -0.3 is 20.1 Å². The lowest BCUT2D eigenvalue weighted by Gasteiger charge is -2.28. The Morgan fingerprint density at radius 2 is 2.00 bits per heavy atom. The lowest BCUT2D eigenvalue weighted by Crippen LogP contribution is -2.54. The highest BCUT2D eigenvalue weighted by molar-refractivity contribution is 5.91. The van der Waals surface area contributed by atoms with Crippen LogP contribution in [0.3, 0.4) is 0 Å². The van der Waals surface area contributed by atoms with E-state index in [1.54, 1.807) is 0 Å². The summed E-state index contributed by atoms with van der Waals surface area (Å²) in [5, 5.41) is 14.2. The fourth-order valence-electron chi connectivity index (χ4n) is 3.07. The molecule has 1 heterocycles.